The molecule has 7 nitrogen and oxygen atoms in total. The van der Waals surface area contributed by atoms with E-state index >= 15 is 0 Å². The molecule has 1 aromatic heterocycles. The Morgan fingerprint density at radius 2 is 1.72 bits per heavy atom. The fraction of sp³-hybridized carbons (Fsp3) is 0.414. The second-order valence-electron chi connectivity index (χ2n) is 10.2. The number of nitrogens with zero attached hydrogens (tertiary/aromatic N) is 5. The fourth-order valence-corrected chi connectivity index (χ4v) is 5.77. The van der Waals surface area contributed by atoms with Crippen LogP contribution >= 0.6 is 0 Å². The van der Waals surface area contributed by atoms with Gasteiger partial charge in [-0.25, -0.2) is 4.68 Å². The molecule has 0 unspecified atom stereocenters. The Balaban J connectivity index is 1.45. The molecule has 36 heavy (non-hydrogen) atoms. The van der Waals surface area contributed by atoms with Crippen molar-refractivity contribution in [3.05, 3.63) is 71.0 Å². The summed E-state index contributed by atoms with van der Waals surface area (Å²) < 4.78 is 6.86. The van der Waals surface area contributed by atoms with Crippen LogP contribution in [-0.2, 0) is 11.8 Å². The highest BCUT2D eigenvalue weighted by atomic mass is 16.5. The largest absolute Gasteiger partial charge is 0.497 e. The first kappa shape index (κ1) is 24.1. The lowest BCUT2D eigenvalue weighted by Crippen LogP contribution is -2.39. The molecule has 2 aromatic carbocycles. The standard InChI is InChI=1S/C29H33N5O2/c1-32(2)19-17-29(15-4-5-16-29)21-6-8-22(9-7-21)33-18-14-25-26(20-30)31-34(27(25)28(33)35)23-10-12-24(36-3)13-11-23/h6-13H,4-5,14-19H2,1-3H3. The summed E-state index contributed by atoms with van der Waals surface area (Å²) in [6.45, 7) is 1.60. The second-order valence-corrected chi connectivity index (χ2v) is 10.2. The summed E-state index contributed by atoms with van der Waals surface area (Å²) in [5.74, 6) is 0.593. The number of hydrogen-bond donors (Lipinski definition) is 0. The summed E-state index contributed by atoms with van der Waals surface area (Å²) in [5, 5.41) is 14.2. The Morgan fingerprint density at radius 3 is 2.33 bits per heavy atom. The number of rotatable bonds is 7. The monoisotopic (exact) mass is 483 g/mol. The molecule has 1 amide bonds. The van der Waals surface area contributed by atoms with Crippen molar-refractivity contribution >= 4 is 11.6 Å². The van der Waals surface area contributed by atoms with Crippen molar-refractivity contribution in [3.8, 4) is 17.5 Å². The number of carbonyl (C=O) groups excluding carboxylic acids is 1. The quantitative estimate of drug-likeness (QED) is 0.486. The van der Waals surface area contributed by atoms with Gasteiger partial charge in [-0.3, -0.25) is 4.79 Å². The third kappa shape index (κ3) is 4.27. The molecule has 1 fully saturated rings. The summed E-state index contributed by atoms with van der Waals surface area (Å²) in [7, 11) is 5.88. The zero-order valence-electron chi connectivity index (χ0n) is 21.3. The van der Waals surface area contributed by atoms with Gasteiger partial charge in [-0.2, -0.15) is 10.4 Å². The number of aromatic nitrogens is 2. The summed E-state index contributed by atoms with van der Waals surface area (Å²) in [6, 6.07) is 18.2. The molecule has 0 radical (unpaired) electrons. The minimum Gasteiger partial charge on any atom is -0.497 e. The molecule has 5 rings (SSSR count). The van der Waals surface area contributed by atoms with Crippen molar-refractivity contribution in [2.45, 2.75) is 43.9 Å². The highest BCUT2D eigenvalue weighted by Gasteiger charge is 2.36. The van der Waals surface area contributed by atoms with Crippen molar-refractivity contribution in [3.63, 3.8) is 0 Å². The van der Waals surface area contributed by atoms with E-state index in [0.717, 1.165) is 35.7 Å². The number of carbonyl (C=O) groups is 1. The Morgan fingerprint density at radius 1 is 1.06 bits per heavy atom. The van der Waals surface area contributed by atoms with Gasteiger partial charge < -0.3 is 14.5 Å². The molecule has 0 atom stereocenters. The number of amides is 1. The lowest BCUT2D eigenvalue weighted by atomic mass is 9.76. The van der Waals surface area contributed by atoms with Crippen molar-refractivity contribution in [1.82, 2.24) is 14.7 Å². The van der Waals surface area contributed by atoms with Crippen LogP contribution in [0.1, 0.15) is 59.4 Å². The van der Waals surface area contributed by atoms with Gasteiger partial charge in [0.05, 0.1) is 12.8 Å². The Bertz CT molecular complexity index is 1280. The molecule has 0 N–H and O–H groups in total. The molecule has 0 spiro atoms. The summed E-state index contributed by atoms with van der Waals surface area (Å²) >= 11 is 0. The molecule has 186 valence electrons. The Hall–Kier alpha value is -3.63. The molecular formula is C29H33N5O2. The van der Waals surface area contributed by atoms with E-state index in [0.29, 0.717) is 24.4 Å². The maximum Gasteiger partial charge on any atom is 0.277 e. The Labute approximate surface area is 212 Å². The van der Waals surface area contributed by atoms with E-state index in [1.54, 1.807) is 11.8 Å². The number of anilines is 1. The maximum absolute atomic E-state index is 13.8. The highest BCUT2D eigenvalue weighted by molar-refractivity contribution is 6.07. The van der Waals surface area contributed by atoms with Gasteiger partial charge in [0.25, 0.3) is 5.91 Å². The van der Waals surface area contributed by atoms with Crippen LogP contribution in [0.4, 0.5) is 5.69 Å². The molecule has 0 bridgehead atoms. The van der Waals surface area contributed by atoms with Gasteiger partial charge in [-0.05, 0) is 93.7 Å². The van der Waals surface area contributed by atoms with E-state index in [9.17, 15) is 10.1 Å². The number of fused-ring (bicyclic) bond motifs is 1. The van der Waals surface area contributed by atoms with E-state index in [1.807, 2.05) is 29.2 Å². The fourth-order valence-electron chi connectivity index (χ4n) is 5.77. The van der Waals surface area contributed by atoms with Crippen LogP contribution in [0, 0.1) is 11.3 Å². The molecule has 0 saturated heterocycles. The Kier molecular flexibility index (Phi) is 6.55. The number of methoxy groups -OCH3 is 1. The first-order chi connectivity index (χ1) is 17.5. The normalized spacial score (nSPS) is 16.8. The van der Waals surface area contributed by atoms with Crippen LogP contribution in [0.2, 0.25) is 0 Å². The lowest BCUT2D eigenvalue weighted by Gasteiger charge is -2.32. The van der Waals surface area contributed by atoms with Crippen LogP contribution in [-0.4, -0.2) is 54.9 Å². The van der Waals surface area contributed by atoms with Gasteiger partial charge in [0.15, 0.2) is 5.69 Å². The minimum absolute atomic E-state index is 0.128. The number of ether oxygens (including phenoxy) is 1. The van der Waals surface area contributed by atoms with Gasteiger partial charge in [-0.1, -0.05) is 25.0 Å². The van der Waals surface area contributed by atoms with Crippen molar-refractivity contribution in [2.24, 2.45) is 0 Å². The van der Waals surface area contributed by atoms with Gasteiger partial charge in [0.2, 0.25) is 0 Å². The number of benzene rings is 2. The third-order valence-corrected chi connectivity index (χ3v) is 7.83. The van der Waals surface area contributed by atoms with Crippen LogP contribution in [0.3, 0.4) is 0 Å². The molecule has 1 aliphatic heterocycles. The highest BCUT2D eigenvalue weighted by Crippen LogP contribution is 2.44. The second kappa shape index (κ2) is 9.79. The molecule has 1 saturated carbocycles. The smallest absolute Gasteiger partial charge is 0.277 e. The van der Waals surface area contributed by atoms with Crippen LogP contribution in [0.5, 0.6) is 5.75 Å². The maximum atomic E-state index is 13.8. The van der Waals surface area contributed by atoms with E-state index < -0.39 is 0 Å². The van der Waals surface area contributed by atoms with Gasteiger partial charge in [-0.15, -0.1) is 0 Å². The van der Waals surface area contributed by atoms with Crippen LogP contribution < -0.4 is 9.64 Å². The third-order valence-electron chi connectivity index (χ3n) is 7.83. The van der Waals surface area contributed by atoms with Crippen molar-refractivity contribution < 1.29 is 9.53 Å². The zero-order chi connectivity index (χ0) is 25.3. The zero-order valence-corrected chi connectivity index (χ0v) is 21.3. The molecule has 2 aliphatic rings. The SMILES string of the molecule is COc1ccc(-n2nc(C#N)c3c2C(=O)N(c2ccc(C4(CCN(C)C)CCCC4)cc2)CC3)cc1. The first-order valence-corrected chi connectivity index (χ1v) is 12.7. The number of nitriles is 1. The van der Waals surface area contributed by atoms with Crippen LogP contribution in [0.25, 0.3) is 5.69 Å². The summed E-state index contributed by atoms with van der Waals surface area (Å²) in [6.07, 6.45) is 6.75. The summed E-state index contributed by atoms with van der Waals surface area (Å²) in [5.41, 5.74) is 4.72. The lowest BCUT2D eigenvalue weighted by molar-refractivity contribution is 0.0973. The van der Waals surface area contributed by atoms with Gasteiger partial charge in [0, 0.05) is 17.8 Å². The average Bonchev–Trinajstić information content (AvgIpc) is 3.54. The minimum atomic E-state index is -0.128. The predicted molar refractivity (Wildman–Crippen MR) is 140 cm³/mol. The van der Waals surface area contributed by atoms with E-state index in [-0.39, 0.29) is 11.3 Å². The van der Waals surface area contributed by atoms with Gasteiger partial charge >= 0.3 is 0 Å². The van der Waals surface area contributed by atoms with E-state index in [2.05, 4.69) is 54.4 Å². The van der Waals surface area contributed by atoms with Crippen molar-refractivity contribution in [1.29, 1.82) is 5.26 Å². The van der Waals surface area contributed by atoms with Crippen molar-refractivity contribution in [2.75, 3.05) is 39.2 Å². The molecule has 3 aromatic rings. The topological polar surface area (TPSA) is 74.4 Å². The molecule has 2 heterocycles. The van der Waals surface area contributed by atoms with Crippen LogP contribution in [0.15, 0.2) is 48.5 Å². The summed E-state index contributed by atoms with van der Waals surface area (Å²) in [4.78, 5) is 17.9. The average molecular weight is 484 g/mol. The predicted octanol–water partition coefficient (Wildman–Crippen LogP) is 4.72. The van der Waals surface area contributed by atoms with E-state index in [1.165, 1.54) is 31.2 Å². The number of hydrogen-bond acceptors (Lipinski definition) is 5. The molecular weight excluding hydrogens is 450 g/mol. The molecule has 7 heteroatoms. The van der Waals surface area contributed by atoms with E-state index in [4.69, 9.17) is 4.74 Å². The van der Waals surface area contributed by atoms with Gasteiger partial charge in [0.1, 0.15) is 17.5 Å². The molecule has 1 aliphatic carbocycles. The first-order valence-electron chi connectivity index (χ1n) is 12.7.